The van der Waals surface area contributed by atoms with E-state index in [-0.39, 0.29) is 6.04 Å². The second-order valence-electron chi connectivity index (χ2n) is 6.29. The van der Waals surface area contributed by atoms with Crippen molar-refractivity contribution in [1.29, 1.82) is 0 Å². The van der Waals surface area contributed by atoms with Crippen LogP contribution in [0, 0.1) is 0 Å². The molecule has 2 rings (SSSR count). The summed E-state index contributed by atoms with van der Waals surface area (Å²) in [7, 11) is -3.43. The van der Waals surface area contributed by atoms with Crippen molar-refractivity contribution < 1.29 is 13.2 Å². The van der Waals surface area contributed by atoms with Gasteiger partial charge in [0.1, 0.15) is 5.25 Å². The minimum atomic E-state index is -3.43. The Bertz CT molecular complexity index is 637. The lowest BCUT2D eigenvalue weighted by atomic mass is 9.99. The zero-order chi connectivity index (χ0) is 16.3. The highest BCUT2D eigenvalue weighted by atomic mass is 32.2. The van der Waals surface area contributed by atoms with Gasteiger partial charge >= 0.3 is 0 Å². The number of aryl methyl sites for hydroxylation is 1. The van der Waals surface area contributed by atoms with Crippen LogP contribution in [0.2, 0.25) is 0 Å². The molecule has 0 aliphatic heterocycles. The fourth-order valence-electron chi connectivity index (χ4n) is 2.92. The van der Waals surface area contributed by atoms with Gasteiger partial charge in [-0.15, -0.1) is 0 Å². The highest BCUT2D eigenvalue weighted by Gasteiger charge is 2.32. The molecule has 1 aromatic carbocycles. The minimum absolute atomic E-state index is 0.0870. The van der Waals surface area contributed by atoms with E-state index in [1.807, 2.05) is 18.2 Å². The molecule has 0 spiro atoms. The van der Waals surface area contributed by atoms with E-state index in [1.165, 1.54) is 12.5 Å². The first-order chi connectivity index (χ1) is 10.3. The van der Waals surface area contributed by atoms with Gasteiger partial charge in [-0.25, -0.2) is 8.42 Å². The van der Waals surface area contributed by atoms with Gasteiger partial charge in [0.05, 0.1) is 11.3 Å². The zero-order valence-corrected chi connectivity index (χ0v) is 14.3. The molecule has 122 valence electrons. The van der Waals surface area contributed by atoms with E-state index >= 15 is 0 Å². The molecule has 0 radical (unpaired) electrons. The Morgan fingerprint density at radius 2 is 1.86 bits per heavy atom. The van der Waals surface area contributed by atoms with Gasteiger partial charge in [0.25, 0.3) is 0 Å². The summed E-state index contributed by atoms with van der Waals surface area (Å²) < 4.78 is 24.3. The predicted octanol–water partition coefficient (Wildman–Crippen LogP) is 2.78. The average molecular weight is 323 g/mol. The van der Waals surface area contributed by atoms with Gasteiger partial charge in [-0.3, -0.25) is 4.79 Å². The summed E-state index contributed by atoms with van der Waals surface area (Å²) in [5.41, 5.74) is 2.38. The summed E-state index contributed by atoms with van der Waals surface area (Å²) in [6.07, 6.45) is 4.01. The Hall–Kier alpha value is -1.36. The molecule has 4 nitrogen and oxygen atoms in total. The third kappa shape index (κ3) is 3.51. The number of benzene rings is 1. The van der Waals surface area contributed by atoms with Gasteiger partial charge in [0.2, 0.25) is 5.91 Å². The zero-order valence-electron chi connectivity index (χ0n) is 13.5. The number of carbonyl (C=O) groups excluding carboxylic acids is 1. The lowest BCUT2D eigenvalue weighted by molar-refractivity contribution is -0.121. The average Bonchev–Trinajstić information content (AvgIpc) is 2.69. The van der Waals surface area contributed by atoms with E-state index in [0.29, 0.717) is 0 Å². The van der Waals surface area contributed by atoms with E-state index in [0.717, 1.165) is 31.2 Å². The molecule has 0 unspecified atom stereocenters. The molecule has 0 heterocycles. The molecule has 1 N–H and O–H groups in total. The lowest BCUT2D eigenvalue weighted by Gasteiger charge is -2.22. The van der Waals surface area contributed by atoms with E-state index in [2.05, 4.69) is 11.4 Å². The van der Waals surface area contributed by atoms with E-state index in [9.17, 15) is 13.2 Å². The van der Waals surface area contributed by atoms with Crippen LogP contribution in [-0.4, -0.2) is 24.8 Å². The Labute approximate surface area is 133 Å². The maximum Gasteiger partial charge on any atom is 0.238 e. The Morgan fingerprint density at radius 1 is 1.18 bits per heavy atom. The molecule has 0 aromatic heterocycles. The summed E-state index contributed by atoms with van der Waals surface area (Å²) in [5, 5.41) is 1.40. The van der Waals surface area contributed by atoms with Crippen LogP contribution in [0.1, 0.15) is 57.2 Å². The van der Waals surface area contributed by atoms with Crippen LogP contribution >= 0.6 is 0 Å². The number of hydrogen-bond donors (Lipinski definition) is 1. The minimum Gasteiger partial charge on any atom is -0.348 e. The van der Waals surface area contributed by atoms with E-state index in [1.54, 1.807) is 13.8 Å². The number of amides is 1. The normalized spacial score (nSPS) is 20.1. The summed E-state index contributed by atoms with van der Waals surface area (Å²) >= 11 is 0. The van der Waals surface area contributed by atoms with Crippen molar-refractivity contribution in [3.05, 3.63) is 35.4 Å². The molecule has 1 aliphatic rings. The molecule has 1 aromatic rings. The molecule has 1 aliphatic carbocycles. The number of carbonyl (C=O) groups is 1. The Kier molecular flexibility index (Phi) is 5.27. The second-order valence-corrected chi connectivity index (χ2v) is 9.11. The van der Waals surface area contributed by atoms with Crippen LogP contribution in [-0.2, 0) is 21.1 Å². The van der Waals surface area contributed by atoms with Crippen LogP contribution in [0.5, 0.6) is 0 Å². The van der Waals surface area contributed by atoms with Crippen LogP contribution in [0.25, 0.3) is 0 Å². The molecular weight excluding hydrogens is 298 g/mol. The van der Waals surface area contributed by atoms with Crippen molar-refractivity contribution in [2.75, 3.05) is 0 Å². The first-order valence-corrected chi connectivity index (χ1v) is 9.56. The molecule has 5 heteroatoms. The van der Waals surface area contributed by atoms with Gasteiger partial charge in [0.15, 0.2) is 9.84 Å². The number of rotatable bonds is 4. The third-order valence-corrected chi connectivity index (χ3v) is 6.97. The second kappa shape index (κ2) is 6.82. The van der Waals surface area contributed by atoms with Gasteiger partial charge in [-0.2, -0.15) is 0 Å². The molecule has 1 amide bonds. The smallest absolute Gasteiger partial charge is 0.238 e. The topological polar surface area (TPSA) is 63.2 Å². The van der Waals surface area contributed by atoms with Gasteiger partial charge in [-0.1, -0.05) is 30.7 Å². The Balaban J connectivity index is 2.18. The SMILES string of the molecule is CC(C)S(=O)(=O)[C@@H](C)C(=O)N[C@@H]1CCCCc2ccccc21. The van der Waals surface area contributed by atoms with Gasteiger partial charge in [0, 0.05) is 0 Å². The first-order valence-electron chi connectivity index (χ1n) is 7.95. The highest BCUT2D eigenvalue weighted by Crippen LogP contribution is 2.28. The Morgan fingerprint density at radius 3 is 2.55 bits per heavy atom. The number of hydrogen-bond acceptors (Lipinski definition) is 3. The van der Waals surface area contributed by atoms with Crippen molar-refractivity contribution in [1.82, 2.24) is 5.32 Å². The largest absolute Gasteiger partial charge is 0.348 e. The molecular formula is C17H25NO3S. The number of fused-ring (bicyclic) bond motifs is 1. The van der Waals surface area contributed by atoms with Crippen molar-refractivity contribution >= 4 is 15.7 Å². The van der Waals surface area contributed by atoms with Crippen molar-refractivity contribution in [2.24, 2.45) is 0 Å². The highest BCUT2D eigenvalue weighted by molar-refractivity contribution is 7.93. The van der Waals surface area contributed by atoms with Gasteiger partial charge in [-0.05, 0) is 51.2 Å². The van der Waals surface area contributed by atoms with Crippen LogP contribution in [0.15, 0.2) is 24.3 Å². The van der Waals surface area contributed by atoms with Crippen molar-refractivity contribution in [3.63, 3.8) is 0 Å². The molecule has 0 bridgehead atoms. The predicted molar refractivity (Wildman–Crippen MR) is 88.4 cm³/mol. The maximum absolute atomic E-state index is 12.4. The number of nitrogens with one attached hydrogen (secondary N) is 1. The summed E-state index contributed by atoms with van der Waals surface area (Å²) in [6, 6.07) is 8.02. The fourth-order valence-corrected chi connectivity index (χ4v) is 4.10. The van der Waals surface area contributed by atoms with Crippen LogP contribution in [0.4, 0.5) is 0 Å². The molecule has 22 heavy (non-hydrogen) atoms. The van der Waals surface area contributed by atoms with Crippen molar-refractivity contribution in [3.8, 4) is 0 Å². The maximum atomic E-state index is 12.4. The summed E-state index contributed by atoms with van der Waals surface area (Å²) in [6.45, 7) is 4.70. The number of sulfone groups is 1. The van der Waals surface area contributed by atoms with E-state index in [4.69, 9.17) is 0 Å². The fraction of sp³-hybridized carbons (Fsp3) is 0.588. The third-order valence-electron chi connectivity index (χ3n) is 4.46. The molecule has 0 fully saturated rings. The summed E-state index contributed by atoms with van der Waals surface area (Å²) in [5.74, 6) is -0.393. The summed E-state index contributed by atoms with van der Waals surface area (Å²) in [4.78, 5) is 12.4. The molecule has 0 saturated carbocycles. The monoisotopic (exact) mass is 323 g/mol. The standard InChI is InChI=1S/C17H25NO3S/c1-12(2)22(20,21)13(3)17(19)18-16-11-7-5-9-14-8-4-6-10-15(14)16/h4,6,8,10,12-13,16H,5,7,9,11H2,1-3H3,(H,18,19)/t13-,16+/m0/s1. The van der Waals surface area contributed by atoms with Gasteiger partial charge < -0.3 is 5.32 Å². The molecule has 2 atom stereocenters. The van der Waals surface area contributed by atoms with Crippen molar-refractivity contribution in [2.45, 2.75) is 63.0 Å². The van der Waals surface area contributed by atoms with Crippen LogP contribution in [0.3, 0.4) is 0 Å². The molecule has 0 saturated heterocycles. The lowest BCUT2D eigenvalue weighted by Crippen LogP contribution is -2.42. The van der Waals surface area contributed by atoms with E-state index < -0.39 is 26.2 Å². The van der Waals surface area contributed by atoms with Crippen LogP contribution < -0.4 is 5.32 Å². The quantitative estimate of drug-likeness (QED) is 0.867. The first kappa shape index (κ1) is 17.0.